The van der Waals surface area contributed by atoms with E-state index in [1.54, 1.807) is 12.1 Å². The standard InChI is InChI=1S/C20H18FN5O4S/c1-29-13-4-6-17(30-2)18(10-13)31(27,28)25-12-3-5-14(16(21)9-12)15-11-23-19-7-8-24-26(19)20(15)22/h3-11,25H,22H2,1-2H3. The maximum absolute atomic E-state index is 14.9. The van der Waals surface area contributed by atoms with Gasteiger partial charge in [0.05, 0.1) is 26.1 Å². The SMILES string of the molecule is COc1ccc(OC)c(S(=O)(=O)Nc2ccc(-c3cnc4ccnn4c3N)c(F)c2)c1. The van der Waals surface area contributed by atoms with E-state index in [0.29, 0.717) is 17.0 Å². The molecule has 9 nitrogen and oxygen atoms in total. The molecule has 2 heterocycles. The Hall–Kier alpha value is -3.86. The summed E-state index contributed by atoms with van der Waals surface area (Å²) in [5, 5.41) is 4.06. The summed E-state index contributed by atoms with van der Waals surface area (Å²) in [7, 11) is -1.32. The van der Waals surface area contributed by atoms with Crippen molar-refractivity contribution in [2.24, 2.45) is 0 Å². The highest BCUT2D eigenvalue weighted by Gasteiger charge is 2.22. The van der Waals surface area contributed by atoms with Crippen LogP contribution in [0.3, 0.4) is 0 Å². The van der Waals surface area contributed by atoms with Crippen LogP contribution in [0.25, 0.3) is 16.8 Å². The molecule has 3 N–H and O–H groups in total. The minimum absolute atomic E-state index is 0.0258. The molecule has 0 spiro atoms. The van der Waals surface area contributed by atoms with Crippen LogP contribution in [0.15, 0.2) is 59.8 Å². The summed E-state index contributed by atoms with van der Waals surface area (Å²) in [5.74, 6) is -0.0161. The molecule has 0 saturated carbocycles. The first-order valence-electron chi connectivity index (χ1n) is 8.97. The largest absolute Gasteiger partial charge is 0.497 e. The number of nitrogens with two attached hydrogens (primary N) is 1. The maximum Gasteiger partial charge on any atom is 0.265 e. The molecule has 4 rings (SSSR count). The Morgan fingerprint density at radius 1 is 1.06 bits per heavy atom. The van der Waals surface area contributed by atoms with E-state index < -0.39 is 15.8 Å². The predicted octanol–water partition coefficient (Wildman–Crippen LogP) is 2.94. The van der Waals surface area contributed by atoms with Crippen molar-refractivity contribution in [3.05, 3.63) is 60.7 Å². The number of rotatable bonds is 6. The molecule has 0 aliphatic rings. The van der Waals surface area contributed by atoms with Gasteiger partial charge in [-0.3, -0.25) is 4.72 Å². The van der Waals surface area contributed by atoms with E-state index >= 15 is 0 Å². The number of nitrogen functional groups attached to an aromatic ring is 1. The number of aromatic nitrogens is 3. The molecule has 160 valence electrons. The molecule has 0 fully saturated rings. The molecule has 0 bridgehead atoms. The van der Waals surface area contributed by atoms with Crippen LogP contribution in [0, 0.1) is 5.82 Å². The molecule has 0 atom stereocenters. The highest BCUT2D eigenvalue weighted by atomic mass is 32.2. The normalized spacial score (nSPS) is 11.5. The summed E-state index contributed by atoms with van der Waals surface area (Å²) in [5.41, 5.74) is 7.14. The number of fused-ring (bicyclic) bond motifs is 1. The first-order valence-corrected chi connectivity index (χ1v) is 10.5. The van der Waals surface area contributed by atoms with E-state index in [-0.39, 0.29) is 27.7 Å². The first kappa shape index (κ1) is 20.4. The van der Waals surface area contributed by atoms with Crippen molar-refractivity contribution in [3.63, 3.8) is 0 Å². The topological polar surface area (TPSA) is 121 Å². The summed E-state index contributed by atoms with van der Waals surface area (Å²) < 4.78 is 54.6. The van der Waals surface area contributed by atoms with Crippen LogP contribution >= 0.6 is 0 Å². The van der Waals surface area contributed by atoms with Gasteiger partial charge in [0.15, 0.2) is 5.65 Å². The Morgan fingerprint density at radius 2 is 1.87 bits per heavy atom. The van der Waals surface area contributed by atoms with Gasteiger partial charge in [0.2, 0.25) is 0 Å². The van der Waals surface area contributed by atoms with Crippen molar-refractivity contribution in [1.82, 2.24) is 14.6 Å². The van der Waals surface area contributed by atoms with E-state index in [2.05, 4.69) is 14.8 Å². The van der Waals surface area contributed by atoms with Gasteiger partial charge in [-0.2, -0.15) is 9.61 Å². The minimum atomic E-state index is -4.09. The van der Waals surface area contributed by atoms with Gasteiger partial charge in [0.1, 0.15) is 28.0 Å². The first-order chi connectivity index (χ1) is 14.8. The van der Waals surface area contributed by atoms with E-state index in [1.165, 1.54) is 55.4 Å². The molecule has 2 aromatic carbocycles. The molecule has 0 amide bonds. The third-order valence-electron chi connectivity index (χ3n) is 4.62. The smallest absolute Gasteiger partial charge is 0.265 e. The van der Waals surface area contributed by atoms with Crippen molar-refractivity contribution in [2.45, 2.75) is 4.90 Å². The number of sulfonamides is 1. The second-order valence-corrected chi connectivity index (χ2v) is 8.13. The quantitative estimate of drug-likeness (QED) is 0.470. The number of halogens is 1. The number of hydrogen-bond acceptors (Lipinski definition) is 7. The van der Waals surface area contributed by atoms with Gasteiger partial charge in [0.25, 0.3) is 10.0 Å². The number of methoxy groups -OCH3 is 2. The van der Waals surface area contributed by atoms with E-state index in [1.807, 2.05) is 0 Å². The average Bonchev–Trinajstić information content (AvgIpc) is 3.24. The van der Waals surface area contributed by atoms with Gasteiger partial charge in [0, 0.05) is 29.5 Å². The second kappa shape index (κ2) is 7.76. The summed E-state index contributed by atoms with van der Waals surface area (Å²) in [6, 6.07) is 9.93. The van der Waals surface area contributed by atoms with Crippen LogP contribution in [-0.4, -0.2) is 37.2 Å². The molecule has 0 saturated heterocycles. The molecule has 11 heteroatoms. The average molecular weight is 443 g/mol. The molecule has 4 aromatic rings. The van der Waals surface area contributed by atoms with Gasteiger partial charge < -0.3 is 15.2 Å². The van der Waals surface area contributed by atoms with Gasteiger partial charge in [-0.15, -0.1) is 0 Å². The Morgan fingerprint density at radius 3 is 2.58 bits per heavy atom. The number of ether oxygens (including phenoxy) is 2. The lowest BCUT2D eigenvalue weighted by Crippen LogP contribution is -2.14. The molecule has 0 unspecified atom stereocenters. The molecule has 31 heavy (non-hydrogen) atoms. The maximum atomic E-state index is 14.9. The predicted molar refractivity (Wildman–Crippen MR) is 113 cm³/mol. The number of benzene rings is 2. The van der Waals surface area contributed by atoms with Crippen LogP contribution in [-0.2, 0) is 10.0 Å². The van der Waals surface area contributed by atoms with Gasteiger partial charge in [-0.05, 0) is 30.3 Å². The fourth-order valence-electron chi connectivity index (χ4n) is 3.10. The van der Waals surface area contributed by atoms with Crippen LogP contribution in [0.2, 0.25) is 0 Å². The molecular formula is C20H18FN5O4S. The van der Waals surface area contributed by atoms with Gasteiger partial charge in [-0.1, -0.05) is 0 Å². The van der Waals surface area contributed by atoms with Crippen molar-refractivity contribution in [1.29, 1.82) is 0 Å². The van der Waals surface area contributed by atoms with Crippen molar-refractivity contribution in [2.75, 3.05) is 24.7 Å². The van der Waals surface area contributed by atoms with Crippen LogP contribution in [0.4, 0.5) is 15.9 Å². The summed E-state index contributed by atoms with van der Waals surface area (Å²) in [4.78, 5) is 4.05. The number of nitrogens with one attached hydrogen (secondary N) is 1. The van der Waals surface area contributed by atoms with Crippen LogP contribution in [0.5, 0.6) is 11.5 Å². The Bertz CT molecular complexity index is 1390. The fraction of sp³-hybridized carbons (Fsp3) is 0.100. The lowest BCUT2D eigenvalue weighted by Gasteiger charge is -2.14. The highest BCUT2D eigenvalue weighted by Crippen LogP contribution is 2.32. The molecule has 2 aromatic heterocycles. The Labute approximate surface area is 177 Å². The number of nitrogens with zero attached hydrogens (tertiary/aromatic N) is 3. The van der Waals surface area contributed by atoms with E-state index in [9.17, 15) is 12.8 Å². The highest BCUT2D eigenvalue weighted by molar-refractivity contribution is 7.92. The van der Waals surface area contributed by atoms with E-state index in [0.717, 1.165) is 6.07 Å². The van der Waals surface area contributed by atoms with Crippen LogP contribution < -0.4 is 19.9 Å². The minimum Gasteiger partial charge on any atom is -0.497 e. The summed E-state index contributed by atoms with van der Waals surface area (Å²) in [6.07, 6.45) is 2.97. The lowest BCUT2D eigenvalue weighted by atomic mass is 10.1. The Kier molecular flexibility index (Phi) is 5.11. The molecular weight excluding hydrogens is 425 g/mol. The second-order valence-electron chi connectivity index (χ2n) is 6.48. The van der Waals surface area contributed by atoms with Gasteiger partial charge in [-0.25, -0.2) is 17.8 Å². The van der Waals surface area contributed by atoms with Crippen molar-refractivity contribution >= 4 is 27.2 Å². The van der Waals surface area contributed by atoms with Crippen molar-refractivity contribution < 1.29 is 22.3 Å². The zero-order chi connectivity index (χ0) is 22.2. The summed E-state index contributed by atoms with van der Waals surface area (Å²) >= 11 is 0. The van der Waals surface area contributed by atoms with Crippen LogP contribution in [0.1, 0.15) is 0 Å². The lowest BCUT2D eigenvalue weighted by molar-refractivity contribution is 0.392. The summed E-state index contributed by atoms with van der Waals surface area (Å²) in [6.45, 7) is 0. The zero-order valence-electron chi connectivity index (χ0n) is 16.5. The third-order valence-corrected chi connectivity index (χ3v) is 6.03. The number of anilines is 2. The van der Waals surface area contributed by atoms with Gasteiger partial charge >= 0.3 is 0 Å². The van der Waals surface area contributed by atoms with Crippen molar-refractivity contribution in [3.8, 4) is 22.6 Å². The molecule has 0 aliphatic heterocycles. The Balaban J connectivity index is 1.69. The number of hydrogen-bond donors (Lipinski definition) is 2. The molecule has 0 radical (unpaired) electrons. The van der Waals surface area contributed by atoms with E-state index in [4.69, 9.17) is 15.2 Å². The molecule has 0 aliphatic carbocycles. The zero-order valence-corrected chi connectivity index (χ0v) is 17.4. The monoisotopic (exact) mass is 443 g/mol. The fourth-order valence-corrected chi connectivity index (χ4v) is 4.33. The third kappa shape index (κ3) is 3.70.